The Kier molecular flexibility index (Phi) is 1.81. The normalized spacial score (nSPS) is 17.1. The molecule has 72 valence electrons. The summed E-state index contributed by atoms with van der Waals surface area (Å²) in [5.74, 6) is 1.09. The van der Waals surface area contributed by atoms with Gasteiger partial charge in [0.25, 0.3) is 0 Å². The summed E-state index contributed by atoms with van der Waals surface area (Å²) in [6, 6.07) is 10.3. The fraction of sp³-hybridized carbons (Fsp3) is 0.333. The monoisotopic (exact) mass is 187 g/mol. The van der Waals surface area contributed by atoms with Crippen molar-refractivity contribution in [1.82, 2.24) is 4.90 Å². The van der Waals surface area contributed by atoms with Gasteiger partial charge in [0, 0.05) is 5.39 Å². The molecule has 0 spiro atoms. The summed E-state index contributed by atoms with van der Waals surface area (Å²) in [5.41, 5.74) is 1.00. The van der Waals surface area contributed by atoms with E-state index in [-0.39, 0.29) is 0 Å². The molecule has 1 aliphatic rings. The van der Waals surface area contributed by atoms with Crippen LogP contribution in [0.25, 0.3) is 11.0 Å². The first kappa shape index (κ1) is 8.06. The first-order chi connectivity index (χ1) is 6.92. The number of hydrogen-bond donors (Lipinski definition) is 0. The molecule has 0 aliphatic carbocycles. The molecular weight excluding hydrogens is 174 g/mol. The van der Waals surface area contributed by atoms with E-state index < -0.39 is 0 Å². The highest BCUT2D eigenvalue weighted by atomic mass is 16.3. The Balaban J connectivity index is 1.89. The summed E-state index contributed by atoms with van der Waals surface area (Å²) in [5, 5.41) is 1.21. The highest BCUT2D eigenvalue weighted by molar-refractivity contribution is 5.77. The predicted octanol–water partition coefficient (Wildman–Crippen LogP) is 2.64. The number of rotatable bonds is 2. The van der Waals surface area contributed by atoms with Gasteiger partial charge in [-0.2, -0.15) is 0 Å². The summed E-state index contributed by atoms with van der Waals surface area (Å²) in [6.45, 7) is 3.41. The fourth-order valence-electron chi connectivity index (χ4n) is 1.87. The van der Waals surface area contributed by atoms with Crippen molar-refractivity contribution in [3.05, 3.63) is 36.1 Å². The van der Waals surface area contributed by atoms with Crippen molar-refractivity contribution in [1.29, 1.82) is 0 Å². The van der Waals surface area contributed by atoms with Gasteiger partial charge in [-0.3, -0.25) is 4.90 Å². The lowest BCUT2D eigenvalue weighted by Crippen LogP contribution is -2.36. The van der Waals surface area contributed by atoms with Crippen molar-refractivity contribution in [2.45, 2.75) is 13.0 Å². The van der Waals surface area contributed by atoms with Crippen LogP contribution in [0.15, 0.2) is 34.7 Å². The highest BCUT2D eigenvalue weighted by Gasteiger charge is 2.15. The molecular formula is C12H13NO. The second kappa shape index (κ2) is 3.14. The molecule has 3 rings (SSSR count). The molecule has 1 aromatic heterocycles. The topological polar surface area (TPSA) is 16.4 Å². The van der Waals surface area contributed by atoms with Gasteiger partial charge < -0.3 is 4.42 Å². The van der Waals surface area contributed by atoms with Crippen LogP contribution in [0.3, 0.4) is 0 Å². The molecule has 2 nitrogen and oxygen atoms in total. The van der Waals surface area contributed by atoms with E-state index in [0.717, 1.165) is 17.9 Å². The van der Waals surface area contributed by atoms with Crippen LogP contribution in [0, 0.1) is 0 Å². The number of hydrogen-bond acceptors (Lipinski definition) is 2. The van der Waals surface area contributed by atoms with Crippen LogP contribution >= 0.6 is 0 Å². The smallest absolute Gasteiger partial charge is 0.134 e. The molecule has 0 atom stereocenters. The first-order valence-electron chi connectivity index (χ1n) is 5.12. The molecule has 0 unspecified atom stereocenters. The molecule has 0 radical (unpaired) electrons. The van der Waals surface area contributed by atoms with E-state index >= 15 is 0 Å². The van der Waals surface area contributed by atoms with Gasteiger partial charge in [-0.15, -0.1) is 0 Å². The molecule has 1 saturated heterocycles. The zero-order chi connectivity index (χ0) is 9.38. The number of fused-ring (bicyclic) bond motifs is 1. The summed E-state index contributed by atoms with van der Waals surface area (Å²) in [6.07, 6.45) is 1.33. The Labute approximate surface area is 83.1 Å². The quantitative estimate of drug-likeness (QED) is 0.718. The number of para-hydroxylation sites is 1. The van der Waals surface area contributed by atoms with Gasteiger partial charge in [0.1, 0.15) is 11.3 Å². The van der Waals surface area contributed by atoms with Crippen LogP contribution < -0.4 is 0 Å². The molecule has 14 heavy (non-hydrogen) atoms. The SMILES string of the molecule is c1ccc2oc(CN3CCC3)cc2c1. The van der Waals surface area contributed by atoms with E-state index in [9.17, 15) is 0 Å². The van der Waals surface area contributed by atoms with Crippen molar-refractivity contribution < 1.29 is 4.42 Å². The molecule has 2 heteroatoms. The van der Waals surface area contributed by atoms with Gasteiger partial charge in [-0.25, -0.2) is 0 Å². The third-order valence-corrected chi connectivity index (χ3v) is 2.80. The average Bonchev–Trinajstić information content (AvgIpc) is 2.53. The standard InChI is InChI=1S/C12H13NO/c1-2-5-12-10(4-1)8-11(14-12)9-13-6-3-7-13/h1-2,4-5,8H,3,6-7,9H2. The second-order valence-electron chi connectivity index (χ2n) is 3.88. The first-order valence-corrected chi connectivity index (χ1v) is 5.12. The van der Waals surface area contributed by atoms with E-state index in [0.29, 0.717) is 0 Å². The third-order valence-electron chi connectivity index (χ3n) is 2.80. The Morgan fingerprint density at radius 1 is 1.21 bits per heavy atom. The number of furan rings is 1. The fourth-order valence-corrected chi connectivity index (χ4v) is 1.87. The van der Waals surface area contributed by atoms with Crippen LogP contribution in [0.5, 0.6) is 0 Å². The van der Waals surface area contributed by atoms with Crippen molar-refractivity contribution in [2.24, 2.45) is 0 Å². The molecule has 2 aromatic rings. The molecule has 0 N–H and O–H groups in total. The van der Waals surface area contributed by atoms with E-state index in [4.69, 9.17) is 4.42 Å². The minimum atomic E-state index is 0.967. The van der Waals surface area contributed by atoms with E-state index in [1.807, 2.05) is 18.2 Å². The van der Waals surface area contributed by atoms with Crippen LogP contribution in [-0.4, -0.2) is 18.0 Å². The van der Waals surface area contributed by atoms with Crippen molar-refractivity contribution in [3.8, 4) is 0 Å². The second-order valence-corrected chi connectivity index (χ2v) is 3.88. The third kappa shape index (κ3) is 1.32. The summed E-state index contributed by atoms with van der Waals surface area (Å²) in [7, 11) is 0. The largest absolute Gasteiger partial charge is 0.460 e. The molecule has 0 saturated carbocycles. The lowest BCUT2D eigenvalue weighted by atomic mass is 10.2. The number of nitrogens with zero attached hydrogens (tertiary/aromatic N) is 1. The maximum Gasteiger partial charge on any atom is 0.134 e. The number of likely N-dealkylation sites (tertiary alicyclic amines) is 1. The molecule has 0 bridgehead atoms. The Hall–Kier alpha value is -1.28. The Bertz CT molecular complexity index is 409. The minimum absolute atomic E-state index is 0.967. The van der Waals surface area contributed by atoms with Gasteiger partial charge >= 0.3 is 0 Å². The average molecular weight is 187 g/mol. The summed E-state index contributed by atoms with van der Waals surface area (Å²) < 4.78 is 5.73. The van der Waals surface area contributed by atoms with Gasteiger partial charge in [0.15, 0.2) is 0 Å². The number of benzene rings is 1. The van der Waals surface area contributed by atoms with Crippen molar-refractivity contribution >= 4 is 11.0 Å². The molecule has 0 amide bonds. The molecule has 1 aromatic carbocycles. The van der Waals surface area contributed by atoms with E-state index in [1.165, 1.54) is 24.9 Å². The maximum absolute atomic E-state index is 5.73. The van der Waals surface area contributed by atoms with Gasteiger partial charge in [-0.1, -0.05) is 18.2 Å². The van der Waals surface area contributed by atoms with Crippen LogP contribution in [0.2, 0.25) is 0 Å². The van der Waals surface area contributed by atoms with Gasteiger partial charge in [0.2, 0.25) is 0 Å². The highest BCUT2D eigenvalue weighted by Crippen LogP contribution is 2.21. The zero-order valence-electron chi connectivity index (χ0n) is 8.07. The molecule has 1 fully saturated rings. The van der Waals surface area contributed by atoms with Crippen LogP contribution in [0.1, 0.15) is 12.2 Å². The van der Waals surface area contributed by atoms with Crippen LogP contribution in [0.4, 0.5) is 0 Å². The maximum atomic E-state index is 5.73. The Morgan fingerprint density at radius 2 is 2.07 bits per heavy atom. The summed E-state index contributed by atoms with van der Waals surface area (Å²) >= 11 is 0. The van der Waals surface area contributed by atoms with E-state index in [1.54, 1.807) is 0 Å². The van der Waals surface area contributed by atoms with Crippen molar-refractivity contribution in [2.75, 3.05) is 13.1 Å². The lowest BCUT2D eigenvalue weighted by molar-refractivity contribution is 0.160. The molecule has 1 aliphatic heterocycles. The minimum Gasteiger partial charge on any atom is -0.460 e. The van der Waals surface area contributed by atoms with Gasteiger partial charge in [0.05, 0.1) is 6.54 Å². The summed E-state index contributed by atoms with van der Waals surface area (Å²) in [4.78, 5) is 2.40. The van der Waals surface area contributed by atoms with Crippen molar-refractivity contribution in [3.63, 3.8) is 0 Å². The van der Waals surface area contributed by atoms with E-state index in [2.05, 4.69) is 17.0 Å². The zero-order valence-corrected chi connectivity index (χ0v) is 8.07. The lowest BCUT2D eigenvalue weighted by Gasteiger charge is -2.29. The van der Waals surface area contributed by atoms with Crippen LogP contribution in [-0.2, 0) is 6.54 Å². The predicted molar refractivity (Wildman–Crippen MR) is 56.1 cm³/mol. The molecule has 2 heterocycles. The van der Waals surface area contributed by atoms with Gasteiger partial charge in [-0.05, 0) is 31.6 Å². The Morgan fingerprint density at radius 3 is 2.79 bits per heavy atom.